The summed E-state index contributed by atoms with van der Waals surface area (Å²) in [5, 5.41) is 13.8. The lowest BCUT2D eigenvalue weighted by molar-refractivity contribution is 0.190. The summed E-state index contributed by atoms with van der Waals surface area (Å²) in [4.78, 5) is 10.1. The Morgan fingerprint density at radius 3 is 2.29 bits per heavy atom. The van der Waals surface area contributed by atoms with Crippen LogP contribution in [-0.2, 0) is 17.3 Å². The highest BCUT2D eigenvalue weighted by molar-refractivity contribution is 7.57. The summed E-state index contributed by atoms with van der Waals surface area (Å²) in [7, 11) is -3.41. The molecule has 0 fully saturated rings. The fourth-order valence-corrected chi connectivity index (χ4v) is 4.25. The van der Waals surface area contributed by atoms with Crippen LogP contribution in [0.1, 0.15) is 16.7 Å². The standard InChI is InChI=1S/C18H23ClNO3P/c1-14-2-4-16(5-3-14)12-24(22,23)13-18(21)11-20-10-15-6-8-17(19)9-7-15/h2-9,18,20-21H,10-13H2,1H3,(H,22,23). The Hall–Kier alpha value is -1.16. The van der Waals surface area contributed by atoms with E-state index in [1.165, 1.54) is 0 Å². The number of nitrogens with one attached hydrogen (secondary N) is 1. The second-order valence-electron chi connectivity index (χ2n) is 6.08. The van der Waals surface area contributed by atoms with Gasteiger partial charge in [-0.15, -0.1) is 0 Å². The first-order valence-electron chi connectivity index (χ1n) is 7.84. The van der Waals surface area contributed by atoms with Crippen LogP contribution < -0.4 is 5.32 Å². The van der Waals surface area contributed by atoms with Gasteiger partial charge in [-0.05, 0) is 30.2 Å². The van der Waals surface area contributed by atoms with Crippen molar-refractivity contribution in [1.82, 2.24) is 5.32 Å². The zero-order valence-corrected chi connectivity index (χ0v) is 15.3. The van der Waals surface area contributed by atoms with E-state index in [-0.39, 0.29) is 18.9 Å². The molecule has 3 N–H and O–H groups in total. The summed E-state index contributed by atoms with van der Waals surface area (Å²) in [6.07, 6.45) is -0.894. The minimum absolute atomic E-state index is 0.0848. The first kappa shape index (κ1) is 19.2. The maximum Gasteiger partial charge on any atom is 0.207 e. The van der Waals surface area contributed by atoms with Crippen molar-refractivity contribution in [2.24, 2.45) is 0 Å². The minimum atomic E-state index is -3.41. The molecule has 0 aromatic heterocycles. The molecule has 24 heavy (non-hydrogen) atoms. The summed E-state index contributed by atoms with van der Waals surface area (Å²) in [6, 6.07) is 14.9. The van der Waals surface area contributed by atoms with Crippen molar-refractivity contribution in [1.29, 1.82) is 0 Å². The van der Waals surface area contributed by atoms with Crippen LogP contribution in [0.3, 0.4) is 0 Å². The predicted molar refractivity (Wildman–Crippen MR) is 98.7 cm³/mol. The summed E-state index contributed by atoms with van der Waals surface area (Å²) >= 11 is 5.82. The van der Waals surface area contributed by atoms with Crippen molar-refractivity contribution < 1.29 is 14.6 Å². The Bertz CT molecular complexity index is 688. The lowest BCUT2D eigenvalue weighted by Gasteiger charge is -2.17. The zero-order valence-electron chi connectivity index (χ0n) is 13.7. The van der Waals surface area contributed by atoms with Crippen LogP contribution >= 0.6 is 19.0 Å². The smallest absolute Gasteiger partial charge is 0.207 e. The van der Waals surface area contributed by atoms with Gasteiger partial charge in [0.05, 0.1) is 12.3 Å². The average Bonchev–Trinajstić information content (AvgIpc) is 2.51. The summed E-state index contributed by atoms with van der Waals surface area (Å²) in [6.45, 7) is 2.81. The number of aliphatic hydroxyl groups excluding tert-OH is 1. The molecule has 2 unspecified atom stereocenters. The number of hydrogen-bond donors (Lipinski definition) is 3. The molecule has 0 saturated heterocycles. The van der Waals surface area contributed by atoms with Crippen molar-refractivity contribution >= 4 is 19.0 Å². The van der Waals surface area contributed by atoms with E-state index in [0.717, 1.165) is 16.7 Å². The van der Waals surface area contributed by atoms with Gasteiger partial charge in [0.25, 0.3) is 0 Å². The molecule has 0 heterocycles. The van der Waals surface area contributed by atoms with Crippen molar-refractivity contribution in [3.8, 4) is 0 Å². The van der Waals surface area contributed by atoms with Crippen molar-refractivity contribution in [2.45, 2.75) is 25.7 Å². The second-order valence-corrected chi connectivity index (χ2v) is 8.89. The van der Waals surface area contributed by atoms with E-state index in [4.69, 9.17) is 11.6 Å². The molecule has 2 aromatic carbocycles. The molecule has 0 aliphatic heterocycles. The van der Waals surface area contributed by atoms with Gasteiger partial charge in [-0.3, -0.25) is 4.57 Å². The highest BCUT2D eigenvalue weighted by Crippen LogP contribution is 2.44. The fraction of sp³-hybridized carbons (Fsp3) is 0.333. The molecular weight excluding hydrogens is 345 g/mol. The molecule has 0 saturated carbocycles. The van der Waals surface area contributed by atoms with Crippen LogP contribution in [0.4, 0.5) is 0 Å². The first-order chi connectivity index (χ1) is 11.3. The molecule has 0 amide bonds. The number of hydrogen-bond acceptors (Lipinski definition) is 3. The van der Waals surface area contributed by atoms with Crippen molar-refractivity contribution in [3.63, 3.8) is 0 Å². The molecule has 2 atom stereocenters. The number of benzene rings is 2. The Morgan fingerprint density at radius 1 is 1.08 bits per heavy atom. The quantitative estimate of drug-likeness (QED) is 0.624. The van der Waals surface area contributed by atoms with Gasteiger partial charge < -0.3 is 15.3 Å². The minimum Gasteiger partial charge on any atom is -0.391 e. The van der Waals surface area contributed by atoms with Crippen molar-refractivity contribution in [3.05, 3.63) is 70.2 Å². The van der Waals surface area contributed by atoms with E-state index in [1.54, 1.807) is 12.1 Å². The van der Waals surface area contributed by atoms with Crippen LogP contribution in [-0.4, -0.2) is 28.8 Å². The molecule has 2 rings (SSSR count). The second kappa shape index (κ2) is 8.80. The van der Waals surface area contributed by atoms with Gasteiger partial charge in [0.15, 0.2) is 0 Å². The maximum absolute atomic E-state index is 12.3. The van der Waals surface area contributed by atoms with Crippen molar-refractivity contribution in [2.75, 3.05) is 12.7 Å². The Morgan fingerprint density at radius 2 is 1.67 bits per heavy atom. The lowest BCUT2D eigenvalue weighted by Crippen LogP contribution is -2.29. The van der Waals surface area contributed by atoms with Crippen LogP contribution in [0.5, 0.6) is 0 Å². The van der Waals surface area contributed by atoms with Gasteiger partial charge in [0.2, 0.25) is 7.37 Å². The van der Waals surface area contributed by atoms with Gasteiger partial charge in [-0.2, -0.15) is 0 Å². The van der Waals surface area contributed by atoms with Gasteiger partial charge in [0, 0.05) is 24.3 Å². The van der Waals surface area contributed by atoms with Crippen LogP contribution in [0, 0.1) is 6.92 Å². The summed E-state index contributed by atoms with van der Waals surface area (Å²) in [5.74, 6) is 0. The lowest BCUT2D eigenvalue weighted by atomic mass is 10.2. The van der Waals surface area contributed by atoms with Crippen LogP contribution in [0.25, 0.3) is 0 Å². The summed E-state index contributed by atoms with van der Waals surface area (Å²) < 4.78 is 12.3. The van der Waals surface area contributed by atoms with E-state index in [1.807, 2.05) is 43.3 Å². The molecule has 0 radical (unpaired) electrons. The van der Waals surface area contributed by atoms with Gasteiger partial charge in [-0.25, -0.2) is 0 Å². The zero-order chi connectivity index (χ0) is 17.6. The molecule has 2 aromatic rings. The Labute approximate surface area is 147 Å². The number of aliphatic hydroxyl groups is 1. The Kier molecular flexibility index (Phi) is 7.02. The molecule has 0 aliphatic rings. The molecule has 0 spiro atoms. The largest absolute Gasteiger partial charge is 0.391 e. The predicted octanol–water partition coefficient (Wildman–Crippen LogP) is 3.57. The highest BCUT2D eigenvalue weighted by atomic mass is 35.5. The summed E-state index contributed by atoms with van der Waals surface area (Å²) in [5.41, 5.74) is 2.96. The molecule has 6 heteroatoms. The molecule has 0 aliphatic carbocycles. The number of rotatable bonds is 8. The van der Waals surface area contributed by atoms with E-state index in [0.29, 0.717) is 11.6 Å². The number of aryl methyl sites for hydroxylation is 1. The number of halogens is 1. The topological polar surface area (TPSA) is 69.6 Å². The Balaban J connectivity index is 1.77. The van der Waals surface area contributed by atoms with Crippen LogP contribution in [0.15, 0.2) is 48.5 Å². The third kappa shape index (κ3) is 6.76. The molecule has 130 valence electrons. The van der Waals surface area contributed by atoms with E-state index in [2.05, 4.69) is 5.32 Å². The maximum atomic E-state index is 12.3. The SMILES string of the molecule is Cc1ccc(CP(=O)(O)CC(O)CNCc2ccc(Cl)cc2)cc1. The van der Waals surface area contributed by atoms with Crippen LogP contribution in [0.2, 0.25) is 5.02 Å². The normalized spacial score (nSPS) is 15.0. The molecular formula is C18H23ClNO3P. The molecule has 0 bridgehead atoms. The molecule has 4 nitrogen and oxygen atoms in total. The fourth-order valence-electron chi connectivity index (χ4n) is 2.42. The average molecular weight is 368 g/mol. The first-order valence-corrected chi connectivity index (χ1v) is 10.2. The third-order valence-corrected chi connectivity index (χ3v) is 5.77. The monoisotopic (exact) mass is 367 g/mol. The third-order valence-electron chi connectivity index (χ3n) is 3.67. The van der Waals surface area contributed by atoms with Gasteiger partial charge >= 0.3 is 0 Å². The van der Waals surface area contributed by atoms with Gasteiger partial charge in [-0.1, -0.05) is 53.6 Å². The van der Waals surface area contributed by atoms with E-state index >= 15 is 0 Å². The van der Waals surface area contributed by atoms with Gasteiger partial charge in [0.1, 0.15) is 0 Å². The van der Waals surface area contributed by atoms with E-state index < -0.39 is 13.5 Å². The van der Waals surface area contributed by atoms with E-state index in [9.17, 15) is 14.6 Å². The highest BCUT2D eigenvalue weighted by Gasteiger charge is 2.23.